The Bertz CT molecular complexity index is 948. The van der Waals surface area contributed by atoms with Crippen LogP contribution in [-0.2, 0) is 4.79 Å². The van der Waals surface area contributed by atoms with Crippen LogP contribution in [0.2, 0.25) is 0 Å². The molecule has 3 N–H and O–H groups in total. The summed E-state index contributed by atoms with van der Waals surface area (Å²) in [5.41, 5.74) is 1.08. The smallest absolute Gasteiger partial charge is 0.289 e. The third-order valence-corrected chi connectivity index (χ3v) is 3.88. The summed E-state index contributed by atoms with van der Waals surface area (Å²) in [4.78, 5) is 37.3. The van der Waals surface area contributed by atoms with Gasteiger partial charge in [0.2, 0.25) is 5.91 Å². The number of amides is 3. The summed E-state index contributed by atoms with van der Waals surface area (Å²) in [5, 5.41) is 12.9. The Labute approximate surface area is 154 Å². The molecule has 1 aromatic carbocycles. The van der Waals surface area contributed by atoms with E-state index in [-0.39, 0.29) is 43.1 Å². The van der Waals surface area contributed by atoms with Gasteiger partial charge in [-0.25, -0.2) is 0 Å². The largest absolute Gasteiger partial charge is 0.459 e. The van der Waals surface area contributed by atoms with Crippen molar-refractivity contribution in [2.24, 2.45) is 0 Å². The van der Waals surface area contributed by atoms with Crippen LogP contribution in [0.3, 0.4) is 0 Å². The molecule has 0 spiro atoms. The number of aromatic amines is 1. The molecule has 3 amide bonds. The van der Waals surface area contributed by atoms with Crippen molar-refractivity contribution >= 4 is 28.6 Å². The summed E-state index contributed by atoms with van der Waals surface area (Å²) < 4.78 is 5.01. The molecule has 9 heteroatoms. The Balaban J connectivity index is 1.41. The number of carbonyl (C=O) groups is 3. The van der Waals surface area contributed by atoms with Crippen LogP contribution in [0.4, 0.5) is 0 Å². The second-order valence-corrected chi connectivity index (χ2v) is 5.86. The van der Waals surface area contributed by atoms with Crippen LogP contribution in [0, 0.1) is 0 Å². The zero-order valence-electron chi connectivity index (χ0n) is 14.7. The van der Waals surface area contributed by atoms with E-state index in [1.165, 1.54) is 24.3 Å². The van der Waals surface area contributed by atoms with Gasteiger partial charge in [-0.2, -0.15) is 5.10 Å². The van der Waals surface area contributed by atoms with Gasteiger partial charge in [0.05, 0.1) is 18.3 Å². The lowest BCUT2D eigenvalue weighted by Gasteiger charge is -2.15. The zero-order valence-corrected chi connectivity index (χ0v) is 14.7. The first-order valence-electron chi connectivity index (χ1n) is 8.33. The maximum absolute atomic E-state index is 12.2. The van der Waals surface area contributed by atoms with Crippen molar-refractivity contribution in [3.63, 3.8) is 0 Å². The standard InChI is InChI=1S/C18H19N5O4/c1-23(18(26)14-7-4-10-27-14)11-15(24)19-8-9-20-17(25)16-12-5-2-3-6-13(12)21-22-16/h2-7,10H,8-9,11H2,1H3,(H,19,24)(H,20,25)(H,21,22). The second kappa shape index (κ2) is 8.17. The first-order valence-corrected chi connectivity index (χ1v) is 8.33. The molecule has 0 bridgehead atoms. The predicted octanol–water partition coefficient (Wildman–Crippen LogP) is 0.774. The lowest BCUT2D eigenvalue weighted by molar-refractivity contribution is -0.121. The molecule has 0 saturated carbocycles. The molecular weight excluding hydrogens is 350 g/mol. The molecule has 0 aliphatic heterocycles. The highest BCUT2D eigenvalue weighted by Gasteiger charge is 2.17. The summed E-state index contributed by atoms with van der Waals surface area (Å²) in [5.74, 6) is -0.874. The number of H-pyrrole nitrogens is 1. The van der Waals surface area contributed by atoms with Crippen molar-refractivity contribution < 1.29 is 18.8 Å². The molecule has 2 aromatic heterocycles. The monoisotopic (exact) mass is 369 g/mol. The number of hydrogen-bond donors (Lipinski definition) is 3. The minimum Gasteiger partial charge on any atom is -0.459 e. The SMILES string of the molecule is CN(CC(=O)NCCNC(=O)c1n[nH]c2ccccc12)C(=O)c1ccco1. The van der Waals surface area contributed by atoms with Crippen LogP contribution in [0.15, 0.2) is 47.1 Å². The Morgan fingerprint density at radius 2 is 1.89 bits per heavy atom. The van der Waals surface area contributed by atoms with E-state index in [2.05, 4.69) is 20.8 Å². The number of nitrogens with zero attached hydrogens (tertiary/aromatic N) is 2. The quantitative estimate of drug-likeness (QED) is 0.532. The van der Waals surface area contributed by atoms with Gasteiger partial charge in [0, 0.05) is 25.5 Å². The lowest BCUT2D eigenvalue weighted by Crippen LogP contribution is -2.41. The molecule has 0 atom stereocenters. The van der Waals surface area contributed by atoms with Gasteiger partial charge in [0.15, 0.2) is 11.5 Å². The van der Waals surface area contributed by atoms with E-state index < -0.39 is 0 Å². The van der Waals surface area contributed by atoms with Gasteiger partial charge in [0.1, 0.15) is 0 Å². The van der Waals surface area contributed by atoms with Crippen molar-refractivity contribution in [1.29, 1.82) is 0 Å². The summed E-state index contributed by atoms with van der Waals surface area (Å²) in [6.45, 7) is 0.356. The Morgan fingerprint density at radius 1 is 1.11 bits per heavy atom. The first kappa shape index (κ1) is 18.2. The summed E-state index contributed by atoms with van der Waals surface area (Å²) in [6, 6.07) is 10.5. The van der Waals surface area contributed by atoms with Gasteiger partial charge < -0.3 is 20.0 Å². The van der Waals surface area contributed by atoms with E-state index in [0.717, 1.165) is 10.9 Å². The van der Waals surface area contributed by atoms with Crippen LogP contribution < -0.4 is 10.6 Å². The number of likely N-dealkylation sites (N-methyl/N-ethyl adjacent to an activating group) is 1. The number of nitrogens with one attached hydrogen (secondary N) is 3. The van der Waals surface area contributed by atoms with E-state index in [1.807, 2.05) is 18.2 Å². The third kappa shape index (κ3) is 4.32. The van der Waals surface area contributed by atoms with Gasteiger partial charge >= 0.3 is 0 Å². The molecule has 3 rings (SSSR count). The predicted molar refractivity (Wildman–Crippen MR) is 97.1 cm³/mol. The maximum Gasteiger partial charge on any atom is 0.289 e. The van der Waals surface area contributed by atoms with Crippen molar-refractivity contribution in [2.75, 3.05) is 26.7 Å². The number of fused-ring (bicyclic) bond motifs is 1. The minimum atomic E-state index is -0.381. The van der Waals surface area contributed by atoms with Gasteiger partial charge in [-0.15, -0.1) is 0 Å². The van der Waals surface area contributed by atoms with E-state index in [0.29, 0.717) is 5.69 Å². The normalized spacial score (nSPS) is 10.6. The fourth-order valence-electron chi connectivity index (χ4n) is 2.53. The topological polar surface area (TPSA) is 120 Å². The minimum absolute atomic E-state index is 0.114. The van der Waals surface area contributed by atoms with Crippen molar-refractivity contribution in [3.8, 4) is 0 Å². The van der Waals surface area contributed by atoms with Crippen LogP contribution in [0.5, 0.6) is 0 Å². The summed E-state index contributed by atoms with van der Waals surface area (Å²) >= 11 is 0. The molecule has 0 saturated heterocycles. The molecule has 3 aromatic rings. The Hall–Kier alpha value is -3.62. The Kier molecular flexibility index (Phi) is 5.50. The Morgan fingerprint density at radius 3 is 2.67 bits per heavy atom. The van der Waals surface area contributed by atoms with Crippen LogP contribution in [0.1, 0.15) is 21.0 Å². The molecule has 27 heavy (non-hydrogen) atoms. The van der Waals surface area contributed by atoms with Gasteiger partial charge in [-0.05, 0) is 18.2 Å². The number of rotatable bonds is 7. The van der Waals surface area contributed by atoms with Crippen LogP contribution >= 0.6 is 0 Å². The average molecular weight is 369 g/mol. The molecule has 0 aliphatic carbocycles. The number of aromatic nitrogens is 2. The van der Waals surface area contributed by atoms with E-state index in [4.69, 9.17) is 4.42 Å². The highest BCUT2D eigenvalue weighted by molar-refractivity contribution is 6.04. The molecule has 9 nitrogen and oxygen atoms in total. The lowest BCUT2D eigenvalue weighted by atomic mass is 10.2. The fourth-order valence-corrected chi connectivity index (χ4v) is 2.53. The third-order valence-electron chi connectivity index (χ3n) is 3.88. The first-order chi connectivity index (χ1) is 13.1. The molecule has 140 valence electrons. The van der Waals surface area contributed by atoms with Crippen LogP contribution in [-0.4, -0.2) is 59.5 Å². The number of benzene rings is 1. The second-order valence-electron chi connectivity index (χ2n) is 5.86. The number of furan rings is 1. The fraction of sp³-hybridized carbons (Fsp3) is 0.222. The van der Waals surface area contributed by atoms with Gasteiger partial charge in [-0.1, -0.05) is 18.2 Å². The van der Waals surface area contributed by atoms with Crippen molar-refractivity contribution in [3.05, 3.63) is 54.1 Å². The molecule has 0 aliphatic rings. The molecule has 0 radical (unpaired) electrons. The van der Waals surface area contributed by atoms with Gasteiger partial charge in [0.25, 0.3) is 11.8 Å². The average Bonchev–Trinajstić information content (AvgIpc) is 3.34. The highest BCUT2D eigenvalue weighted by Crippen LogP contribution is 2.14. The maximum atomic E-state index is 12.2. The van der Waals surface area contributed by atoms with Crippen LogP contribution in [0.25, 0.3) is 10.9 Å². The summed E-state index contributed by atoms with van der Waals surface area (Å²) in [6.07, 6.45) is 1.40. The van der Waals surface area contributed by atoms with E-state index >= 15 is 0 Å². The molecule has 0 unspecified atom stereocenters. The highest BCUT2D eigenvalue weighted by atomic mass is 16.3. The van der Waals surface area contributed by atoms with Gasteiger partial charge in [-0.3, -0.25) is 19.5 Å². The van der Waals surface area contributed by atoms with E-state index in [9.17, 15) is 14.4 Å². The molecule has 0 fully saturated rings. The number of para-hydroxylation sites is 1. The van der Waals surface area contributed by atoms with Crippen molar-refractivity contribution in [1.82, 2.24) is 25.7 Å². The summed E-state index contributed by atoms with van der Waals surface area (Å²) in [7, 11) is 1.51. The van der Waals surface area contributed by atoms with Crippen molar-refractivity contribution in [2.45, 2.75) is 0 Å². The van der Waals surface area contributed by atoms with E-state index in [1.54, 1.807) is 12.1 Å². The zero-order chi connectivity index (χ0) is 19.2. The molecular formula is C18H19N5O4. The molecule has 2 heterocycles. The number of carbonyl (C=O) groups excluding carboxylic acids is 3. The number of hydrogen-bond acceptors (Lipinski definition) is 5.